The molecule has 1 aliphatic heterocycles. The van der Waals surface area contributed by atoms with Gasteiger partial charge in [-0.15, -0.1) is 0 Å². The summed E-state index contributed by atoms with van der Waals surface area (Å²) in [4.78, 5) is 18.9. The van der Waals surface area contributed by atoms with Crippen LogP contribution in [0.1, 0.15) is 28.0 Å². The Labute approximate surface area is 141 Å². The van der Waals surface area contributed by atoms with Crippen LogP contribution in [0.4, 0.5) is 0 Å². The van der Waals surface area contributed by atoms with E-state index >= 15 is 0 Å². The Bertz CT molecular complexity index is 717. The third-order valence-corrected chi connectivity index (χ3v) is 4.20. The fourth-order valence-corrected chi connectivity index (χ4v) is 2.85. The molecule has 0 unspecified atom stereocenters. The number of benzene rings is 1. The lowest BCUT2D eigenvalue weighted by atomic mass is 10.1. The predicted molar refractivity (Wildman–Crippen MR) is 89.4 cm³/mol. The first-order valence-corrected chi connectivity index (χ1v) is 8.07. The van der Waals surface area contributed by atoms with Crippen LogP contribution in [-0.4, -0.2) is 41.6 Å². The summed E-state index contributed by atoms with van der Waals surface area (Å²) >= 11 is 0. The van der Waals surface area contributed by atoms with E-state index in [1.807, 2.05) is 29.2 Å². The monoisotopic (exact) mass is 321 g/mol. The molecule has 2 heterocycles. The second-order valence-electron chi connectivity index (χ2n) is 5.80. The fraction of sp³-hybridized carbons (Fsp3) is 0.316. The lowest BCUT2D eigenvalue weighted by Gasteiger charge is -2.28. The summed E-state index contributed by atoms with van der Waals surface area (Å²) < 4.78 is 5.46. The van der Waals surface area contributed by atoms with Crippen molar-refractivity contribution in [2.75, 3.05) is 19.8 Å². The first-order valence-electron chi connectivity index (χ1n) is 8.07. The molecule has 5 heteroatoms. The van der Waals surface area contributed by atoms with Gasteiger partial charge < -0.3 is 9.64 Å². The summed E-state index contributed by atoms with van der Waals surface area (Å²) in [6.45, 7) is 1.87. The van der Waals surface area contributed by atoms with Crippen molar-refractivity contribution in [2.45, 2.75) is 18.9 Å². The first-order chi connectivity index (χ1) is 11.8. The fourth-order valence-electron chi connectivity index (χ4n) is 2.85. The van der Waals surface area contributed by atoms with Crippen molar-refractivity contribution in [2.24, 2.45) is 0 Å². The molecule has 122 valence electrons. The molecule has 3 rings (SSSR count). The van der Waals surface area contributed by atoms with Crippen molar-refractivity contribution in [3.8, 4) is 6.07 Å². The number of pyridine rings is 1. The molecule has 0 saturated carbocycles. The molecule has 1 aliphatic rings. The molecule has 1 fully saturated rings. The average molecular weight is 321 g/mol. The van der Waals surface area contributed by atoms with Crippen molar-refractivity contribution >= 4 is 5.91 Å². The summed E-state index contributed by atoms with van der Waals surface area (Å²) in [5, 5.41) is 8.86. The van der Waals surface area contributed by atoms with E-state index in [-0.39, 0.29) is 11.9 Å². The van der Waals surface area contributed by atoms with Gasteiger partial charge in [0.1, 0.15) is 11.8 Å². The van der Waals surface area contributed by atoms with Crippen molar-refractivity contribution in [3.63, 3.8) is 0 Å². The number of nitriles is 1. The Morgan fingerprint density at radius 2 is 2.12 bits per heavy atom. The van der Waals surface area contributed by atoms with E-state index in [4.69, 9.17) is 10.00 Å². The number of carbonyl (C=O) groups excluding carboxylic acids is 1. The molecule has 1 amide bonds. The summed E-state index contributed by atoms with van der Waals surface area (Å²) in [7, 11) is 0. The Kier molecular flexibility index (Phi) is 5.19. The molecular weight excluding hydrogens is 302 g/mol. The molecule has 0 spiro atoms. The number of nitrogens with zero attached hydrogens (tertiary/aromatic N) is 3. The molecule has 1 aromatic carbocycles. The zero-order valence-electron chi connectivity index (χ0n) is 13.4. The van der Waals surface area contributed by atoms with Crippen LogP contribution in [0.2, 0.25) is 0 Å². The standard InChI is InChI=1S/C19H19N3O2/c20-12-16-6-7-18(21-13-16)19(23)22(17-9-11-24-14-17)10-8-15-4-2-1-3-5-15/h1-7,13,17H,8-11,14H2/t17-/m1/s1. The summed E-state index contributed by atoms with van der Waals surface area (Å²) in [6, 6.07) is 15.5. The largest absolute Gasteiger partial charge is 0.379 e. The predicted octanol–water partition coefficient (Wildman–Crippen LogP) is 2.43. The molecule has 0 aliphatic carbocycles. The molecule has 2 aromatic rings. The van der Waals surface area contributed by atoms with E-state index in [1.165, 1.54) is 11.8 Å². The van der Waals surface area contributed by atoms with Crippen molar-refractivity contribution in [1.82, 2.24) is 9.88 Å². The van der Waals surface area contributed by atoms with E-state index < -0.39 is 0 Å². The Hall–Kier alpha value is -2.71. The minimum absolute atomic E-state index is 0.0821. The smallest absolute Gasteiger partial charge is 0.272 e. The highest BCUT2D eigenvalue weighted by molar-refractivity contribution is 5.92. The molecule has 0 N–H and O–H groups in total. The number of carbonyl (C=O) groups is 1. The summed E-state index contributed by atoms with van der Waals surface area (Å²) in [6.07, 6.45) is 3.07. The molecule has 1 aromatic heterocycles. The van der Waals surface area contributed by atoms with E-state index in [0.717, 1.165) is 12.8 Å². The quantitative estimate of drug-likeness (QED) is 0.848. The highest BCUT2D eigenvalue weighted by Gasteiger charge is 2.28. The van der Waals surface area contributed by atoms with Gasteiger partial charge in [-0.2, -0.15) is 5.26 Å². The summed E-state index contributed by atoms with van der Waals surface area (Å²) in [5.74, 6) is -0.106. The van der Waals surface area contributed by atoms with Crippen LogP contribution in [0.3, 0.4) is 0 Å². The number of aromatic nitrogens is 1. The Morgan fingerprint density at radius 3 is 2.75 bits per heavy atom. The van der Waals surface area contributed by atoms with Crippen LogP contribution in [0.15, 0.2) is 48.7 Å². The SMILES string of the molecule is N#Cc1ccc(C(=O)N(CCc2ccccc2)[C@@H]2CCOC2)nc1. The topological polar surface area (TPSA) is 66.2 Å². The van der Waals surface area contributed by atoms with Gasteiger partial charge >= 0.3 is 0 Å². The van der Waals surface area contributed by atoms with Gasteiger partial charge in [0.2, 0.25) is 0 Å². The number of rotatable bonds is 5. The van der Waals surface area contributed by atoms with Crippen LogP contribution in [-0.2, 0) is 11.2 Å². The third-order valence-electron chi connectivity index (χ3n) is 4.20. The highest BCUT2D eigenvalue weighted by Crippen LogP contribution is 2.16. The zero-order valence-corrected chi connectivity index (χ0v) is 13.4. The van der Waals surface area contributed by atoms with Crippen molar-refractivity contribution in [3.05, 3.63) is 65.5 Å². The summed E-state index contributed by atoms with van der Waals surface area (Å²) in [5.41, 5.74) is 2.02. The van der Waals surface area contributed by atoms with Crippen molar-refractivity contribution < 1.29 is 9.53 Å². The molecule has 24 heavy (non-hydrogen) atoms. The maximum absolute atomic E-state index is 12.9. The van der Waals surface area contributed by atoms with Gasteiger partial charge in [0.05, 0.1) is 18.2 Å². The van der Waals surface area contributed by atoms with Crippen LogP contribution >= 0.6 is 0 Å². The maximum Gasteiger partial charge on any atom is 0.272 e. The zero-order chi connectivity index (χ0) is 16.8. The maximum atomic E-state index is 12.9. The van der Waals surface area contributed by atoms with Gasteiger partial charge in [0.15, 0.2) is 0 Å². The molecule has 1 atom stereocenters. The second kappa shape index (κ2) is 7.71. The second-order valence-corrected chi connectivity index (χ2v) is 5.80. The van der Waals surface area contributed by atoms with E-state index in [0.29, 0.717) is 31.0 Å². The van der Waals surface area contributed by atoms with E-state index in [1.54, 1.807) is 12.1 Å². The molecule has 0 bridgehead atoms. The first kappa shape index (κ1) is 16.2. The van der Waals surface area contributed by atoms with Gasteiger partial charge in [-0.1, -0.05) is 30.3 Å². The van der Waals surface area contributed by atoms with Gasteiger partial charge in [-0.05, 0) is 30.5 Å². The van der Waals surface area contributed by atoms with Gasteiger partial charge in [0, 0.05) is 19.3 Å². The Morgan fingerprint density at radius 1 is 1.29 bits per heavy atom. The molecule has 0 radical (unpaired) electrons. The number of amides is 1. The number of hydrogen-bond donors (Lipinski definition) is 0. The number of hydrogen-bond acceptors (Lipinski definition) is 4. The average Bonchev–Trinajstić information content (AvgIpc) is 3.17. The highest BCUT2D eigenvalue weighted by atomic mass is 16.5. The lowest BCUT2D eigenvalue weighted by Crippen LogP contribution is -2.42. The molecule has 5 nitrogen and oxygen atoms in total. The van der Waals surface area contributed by atoms with Gasteiger partial charge in [-0.25, -0.2) is 4.98 Å². The van der Waals surface area contributed by atoms with Crippen LogP contribution in [0.25, 0.3) is 0 Å². The minimum Gasteiger partial charge on any atom is -0.379 e. The van der Waals surface area contributed by atoms with Crippen LogP contribution < -0.4 is 0 Å². The van der Waals surface area contributed by atoms with Crippen molar-refractivity contribution in [1.29, 1.82) is 5.26 Å². The van der Waals surface area contributed by atoms with Crippen LogP contribution in [0.5, 0.6) is 0 Å². The lowest BCUT2D eigenvalue weighted by molar-refractivity contribution is 0.0650. The molecule has 1 saturated heterocycles. The van der Waals surface area contributed by atoms with E-state index in [2.05, 4.69) is 17.1 Å². The van der Waals surface area contributed by atoms with Gasteiger partial charge in [0.25, 0.3) is 5.91 Å². The third kappa shape index (κ3) is 3.79. The molecular formula is C19H19N3O2. The Balaban J connectivity index is 1.75. The normalized spacial score (nSPS) is 16.5. The van der Waals surface area contributed by atoms with Gasteiger partial charge in [-0.3, -0.25) is 4.79 Å². The number of ether oxygens (including phenoxy) is 1. The van der Waals surface area contributed by atoms with Crippen LogP contribution in [0, 0.1) is 11.3 Å². The van der Waals surface area contributed by atoms with E-state index in [9.17, 15) is 4.79 Å². The minimum atomic E-state index is -0.106.